The highest BCUT2D eigenvalue weighted by atomic mass is 16.5. The predicted octanol–water partition coefficient (Wildman–Crippen LogP) is 3.04. The molecule has 2 aromatic rings. The van der Waals surface area contributed by atoms with E-state index in [2.05, 4.69) is 5.92 Å². The number of ether oxygens (including phenoxy) is 1. The Hall–Kier alpha value is -2.77. The lowest BCUT2D eigenvalue weighted by molar-refractivity contribution is 0.111. The highest BCUT2D eigenvalue weighted by Crippen LogP contribution is 2.42. The monoisotopic (exact) mass is 296 g/mol. The summed E-state index contributed by atoms with van der Waals surface area (Å²) in [4.78, 5) is 11.4. The third-order valence-corrected chi connectivity index (χ3v) is 3.45. The van der Waals surface area contributed by atoms with Gasteiger partial charge >= 0.3 is 0 Å². The van der Waals surface area contributed by atoms with E-state index in [9.17, 15) is 15.0 Å². The van der Waals surface area contributed by atoms with Crippen LogP contribution in [0.25, 0.3) is 11.1 Å². The fourth-order valence-corrected chi connectivity index (χ4v) is 2.41. The van der Waals surface area contributed by atoms with Crippen molar-refractivity contribution in [2.24, 2.45) is 0 Å². The predicted molar refractivity (Wildman–Crippen MR) is 83.8 cm³/mol. The van der Waals surface area contributed by atoms with Crippen molar-refractivity contribution < 1.29 is 19.7 Å². The zero-order valence-corrected chi connectivity index (χ0v) is 12.2. The molecule has 0 aliphatic heterocycles. The minimum absolute atomic E-state index is 0.0129. The summed E-state index contributed by atoms with van der Waals surface area (Å²) >= 11 is 0. The molecule has 0 heterocycles. The summed E-state index contributed by atoms with van der Waals surface area (Å²) < 4.78 is 5.34. The van der Waals surface area contributed by atoms with Gasteiger partial charge in [0.1, 0.15) is 6.61 Å². The van der Waals surface area contributed by atoms with Crippen LogP contribution in [0.15, 0.2) is 30.3 Å². The van der Waals surface area contributed by atoms with E-state index in [0.717, 1.165) is 5.56 Å². The average Bonchev–Trinajstić information content (AvgIpc) is 2.54. The number of terminal acetylenes is 1. The van der Waals surface area contributed by atoms with Crippen molar-refractivity contribution in [2.75, 3.05) is 6.61 Å². The highest BCUT2D eigenvalue weighted by molar-refractivity contribution is 5.90. The van der Waals surface area contributed by atoms with Crippen LogP contribution in [0.5, 0.6) is 11.5 Å². The molecule has 4 heteroatoms. The van der Waals surface area contributed by atoms with Crippen LogP contribution in [0.3, 0.4) is 0 Å². The first kappa shape index (κ1) is 15.6. The number of carbonyl (C=O) groups excluding carboxylic acids is 1. The maximum Gasteiger partial charge on any atom is 0.168 e. The van der Waals surface area contributed by atoms with Crippen LogP contribution in [-0.2, 0) is 11.3 Å². The Balaban J connectivity index is 2.71. The number of rotatable bonds is 5. The summed E-state index contributed by atoms with van der Waals surface area (Å²) in [6, 6.07) is 9.29. The molecule has 0 bridgehead atoms. The largest absolute Gasteiger partial charge is 0.504 e. The Bertz CT molecular complexity index is 727. The van der Waals surface area contributed by atoms with Gasteiger partial charge in [0.05, 0.1) is 12.2 Å². The minimum atomic E-state index is -0.438. The van der Waals surface area contributed by atoms with Gasteiger partial charge in [-0.2, -0.15) is 0 Å². The third kappa shape index (κ3) is 2.80. The number of aromatic hydroxyl groups is 2. The highest BCUT2D eigenvalue weighted by Gasteiger charge is 2.22. The second-order valence-corrected chi connectivity index (χ2v) is 4.77. The van der Waals surface area contributed by atoms with E-state index >= 15 is 0 Å². The summed E-state index contributed by atoms with van der Waals surface area (Å²) in [5, 5.41) is 20.1. The molecule has 0 saturated heterocycles. The van der Waals surface area contributed by atoms with E-state index in [1.54, 1.807) is 6.92 Å². The Morgan fingerprint density at radius 2 is 1.91 bits per heavy atom. The standard InChI is InChI=1S/C18H16O4/c1-3-9-22-11-15-14(10-19)18(21)17(20)12(2)16(15)13-7-5-4-6-8-13/h1,4-8,10,20-21H,9,11H2,2H3. The molecular weight excluding hydrogens is 280 g/mol. The van der Waals surface area contributed by atoms with Gasteiger partial charge in [-0.25, -0.2) is 0 Å². The van der Waals surface area contributed by atoms with Gasteiger partial charge in [-0.1, -0.05) is 36.3 Å². The zero-order valence-electron chi connectivity index (χ0n) is 12.2. The SMILES string of the molecule is C#CCOCc1c(C=O)c(O)c(O)c(C)c1-c1ccccc1. The van der Waals surface area contributed by atoms with Crippen molar-refractivity contribution in [3.8, 4) is 35.0 Å². The van der Waals surface area contributed by atoms with Gasteiger partial charge in [-0.05, 0) is 18.1 Å². The van der Waals surface area contributed by atoms with Crippen molar-refractivity contribution in [1.29, 1.82) is 0 Å². The molecule has 0 aliphatic rings. The van der Waals surface area contributed by atoms with Crippen LogP contribution in [0.4, 0.5) is 0 Å². The molecule has 0 radical (unpaired) electrons. The molecule has 0 atom stereocenters. The van der Waals surface area contributed by atoms with Crippen LogP contribution < -0.4 is 0 Å². The number of aldehydes is 1. The molecule has 4 nitrogen and oxygen atoms in total. The van der Waals surface area contributed by atoms with Crippen molar-refractivity contribution in [2.45, 2.75) is 13.5 Å². The second-order valence-electron chi connectivity index (χ2n) is 4.77. The van der Waals surface area contributed by atoms with E-state index in [1.165, 1.54) is 0 Å². The van der Waals surface area contributed by atoms with Crippen LogP contribution in [0, 0.1) is 19.3 Å². The first-order valence-electron chi connectivity index (χ1n) is 6.71. The lowest BCUT2D eigenvalue weighted by Crippen LogP contribution is -2.03. The third-order valence-electron chi connectivity index (χ3n) is 3.45. The van der Waals surface area contributed by atoms with Gasteiger partial charge in [0.15, 0.2) is 17.8 Å². The topological polar surface area (TPSA) is 66.8 Å². The van der Waals surface area contributed by atoms with Gasteiger partial charge in [0, 0.05) is 11.1 Å². The molecule has 0 spiro atoms. The molecule has 0 saturated carbocycles. The molecule has 22 heavy (non-hydrogen) atoms. The van der Waals surface area contributed by atoms with Crippen LogP contribution in [0.1, 0.15) is 21.5 Å². The molecule has 2 rings (SSSR count). The van der Waals surface area contributed by atoms with Crippen LogP contribution in [-0.4, -0.2) is 23.1 Å². The van der Waals surface area contributed by atoms with Crippen molar-refractivity contribution in [1.82, 2.24) is 0 Å². The number of phenols is 2. The Kier molecular flexibility index (Phi) is 4.82. The zero-order chi connectivity index (χ0) is 16.1. The van der Waals surface area contributed by atoms with E-state index in [-0.39, 0.29) is 24.5 Å². The smallest absolute Gasteiger partial charge is 0.168 e. The normalized spacial score (nSPS) is 10.2. The number of phenolic OH excluding ortho intramolecular Hbond substituents is 2. The molecule has 2 N–H and O–H groups in total. The lowest BCUT2D eigenvalue weighted by atomic mass is 9.90. The first-order valence-corrected chi connectivity index (χ1v) is 6.71. The van der Waals surface area contributed by atoms with E-state index in [1.807, 2.05) is 30.3 Å². The van der Waals surface area contributed by atoms with Crippen molar-refractivity contribution in [3.63, 3.8) is 0 Å². The second kappa shape index (κ2) is 6.79. The van der Waals surface area contributed by atoms with E-state index < -0.39 is 5.75 Å². The fraction of sp³-hybridized carbons (Fsp3) is 0.167. The van der Waals surface area contributed by atoms with Gasteiger partial charge in [0.2, 0.25) is 0 Å². The van der Waals surface area contributed by atoms with Crippen molar-refractivity contribution in [3.05, 3.63) is 47.0 Å². The summed E-state index contributed by atoms with van der Waals surface area (Å²) in [5.74, 6) is 1.61. The van der Waals surface area contributed by atoms with E-state index in [4.69, 9.17) is 11.2 Å². The van der Waals surface area contributed by atoms with Gasteiger partial charge in [-0.3, -0.25) is 4.79 Å². The summed E-state index contributed by atoms with van der Waals surface area (Å²) in [5.41, 5.74) is 2.48. The quantitative estimate of drug-likeness (QED) is 0.385. The van der Waals surface area contributed by atoms with Gasteiger partial charge in [0.25, 0.3) is 0 Å². The molecule has 0 unspecified atom stereocenters. The number of benzene rings is 2. The van der Waals surface area contributed by atoms with Crippen LogP contribution in [0.2, 0.25) is 0 Å². The Labute approximate surface area is 129 Å². The van der Waals surface area contributed by atoms with Gasteiger partial charge < -0.3 is 14.9 Å². The molecular formula is C18H16O4. The summed E-state index contributed by atoms with van der Waals surface area (Å²) in [6.45, 7) is 1.83. The molecule has 0 fully saturated rings. The average molecular weight is 296 g/mol. The van der Waals surface area contributed by atoms with Gasteiger partial charge in [-0.15, -0.1) is 6.42 Å². The van der Waals surface area contributed by atoms with Crippen LogP contribution >= 0.6 is 0 Å². The maximum atomic E-state index is 11.4. The minimum Gasteiger partial charge on any atom is -0.504 e. The number of hydrogen-bond acceptors (Lipinski definition) is 4. The summed E-state index contributed by atoms with van der Waals surface area (Å²) in [6.07, 6.45) is 5.67. The maximum absolute atomic E-state index is 11.4. The summed E-state index contributed by atoms with van der Waals surface area (Å²) in [7, 11) is 0. The van der Waals surface area contributed by atoms with E-state index in [0.29, 0.717) is 23.0 Å². The Morgan fingerprint density at radius 3 is 2.50 bits per heavy atom. The molecule has 0 amide bonds. The molecule has 0 aromatic heterocycles. The Morgan fingerprint density at radius 1 is 1.23 bits per heavy atom. The molecule has 0 aliphatic carbocycles. The first-order chi connectivity index (χ1) is 10.6. The fourth-order valence-electron chi connectivity index (χ4n) is 2.41. The van der Waals surface area contributed by atoms with Crippen molar-refractivity contribution >= 4 is 6.29 Å². The molecule has 112 valence electrons. The number of hydrogen-bond donors (Lipinski definition) is 2. The number of carbonyl (C=O) groups is 1. The molecule has 2 aromatic carbocycles. The lowest BCUT2D eigenvalue weighted by Gasteiger charge is -2.18.